The molecule has 5 nitrogen and oxygen atoms in total. The summed E-state index contributed by atoms with van der Waals surface area (Å²) in [7, 11) is -3.57. The molecule has 0 aliphatic heterocycles. The van der Waals surface area contributed by atoms with E-state index in [2.05, 4.69) is 4.72 Å². The molecule has 2 atom stereocenters. The molecule has 2 rings (SSSR count). The number of aryl methyl sites for hydroxylation is 1. The minimum Gasteiger partial charge on any atom is -0.330 e. The van der Waals surface area contributed by atoms with Crippen LogP contribution >= 0.6 is 0 Å². The van der Waals surface area contributed by atoms with Gasteiger partial charge in [0.1, 0.15) is 0 Å². The summed E-state index contributed by atoms with van der Waals surface area (Å²) in [6.07, 6.45) is 3.93. The fourth-order valence-electron chi connectivity index (χ4n) is 2.93. The van der Waals surface area contributed by atoms with Crippen LogP contribution < -0.4 is 10.5 Å². The zero-order chi connectivity index (χ0) is 15.5. The molecular formula is C15H21N3O2S. The van der Waals surface area contributed by atoms with Gasteiger partial charge in [-0.3, -0.25) is 0 Å². The lowest BCUT2D eigenvalue weighted by molar-refractivity contribution is 0.296. The molecule has 3 N–H and O–H groups in total. The van der Waals surface area contributed by atoms with Gasteiger partial charge >= 0.3 is 0 Å². The summed E-state index contributed by atoms with van der Waals surface area (Å²) in [6.45, 7) is 2.20. The molecule has 0 unspecified atom stereocenters. The number of nitrogens with one attached hydrogen (secondary N) is 1. The molecule has 0 spiro atoms. The number of nitrogens with two attached hydrogens (primary N) is 1. The zero-order valence-corrected chi connectivity index (χ0v) is 13.0. The lowest BCUT2D eigenvalue weighted by atomic mass is 9.85. The Bertz CT molecular complexity index is 649. The van der Waals surface area contributed by atoms with E-state index in [9.17, 15) is 8.42 Å². The molecule has 1 aromatic rings. The number of nitriles is 1. The number of benzene rings is 1. The van der Waals surface area contributed by atoms with E-state index in [1.807, 2.05) is 6.07 Å². The largest absolute Gasteiger partial charge is 0.330 e. The predicted octanol–water partition coefficient (Wildman–Crippen LogP) is 1.66. The van der Waals surface area contributed by atoms with Crippen molar-refractivity contribution >= 4 is 10.0 Å². The van der Waals surface area contributed by atoms with E-state index in [-0.39, 0.29) is 16.9 Å². The summed E-state index contributed by atoms with van der Waals surface area (Å²) in [5, 5.41) is 8.85. The Morgan fingerprint density at radius 3 is 2.71 bits per heavy atom. The topological polar surface area (TPSA) is 96.0 Å². The normalized spacial score (nSPS) is 22.7. The molecular weight excluding hydrogens is 286 g/mol. The van der Waals surface area contributed by atoms with Crippen LogP contribution in [0.15, 0.2) is 23.1 Å². The van der Waals surface area contributed by atoms with Gasteiger partial charge in [-0.15, -0.1) is 0 Å². The number of nitrogens with zero attached hydrogens (tertiary/aromatic N) is 1. The molecule has 21 heavy (non-hydrogen) atoms. The molecule has 0 amide bonds. The molecule has 6 heteroatoms. The second-order valence-electron chi connectivity index (χ2n) is 5.60. The molecule has 0 heterocycles. The molecule has 0 radical (unpaired) electrons. The lowest BCUT2D eigenvalue weighted by Crippen LogP contribution is -2.44. The first-order valence-corrected chi connectivity index (χ1v) is 8.69. The average molecular weight is 307 g/mol. The first-order valence-electron chi connectivity index (χ1n) is 7.21. The maximum absolute atomic E-state index is 12.5. The Balaban J connectivity index is 2.24. The fraction of sp³-hybridized carbons (Fsp3) is 0.533. The summed E-state index contributed by atoms with van der Waals surface area (Å²) in [6, 6.07) is 6.54. The van der Waals surface area contributed by atoms with E-state index in [1.54, 1.807) is 13.0 Å². The van der Waals surface area contributed by atoms with E-state index in [0.717, 1.165) is 25.7 Å². The van der Waals surface area contributed by atoms with Gasteiger partial charge in [0.2, 0.25) is 10.0 Å². The molecule has 1 aliphatic carbocycles. The Morgan fingerprint density at radius 2 is 2.10 bits per heavy atom. The number of sulfonamides is 1. The number of hydrogen-bond donors (Lipinski definition) is 2. The van der Waals surface area contributed by atoms with Crippen LogP contribution in [0.1, 0.15) is 36.8 Å². The van der Waals surface area contributed by atoms with Gasteiger partial charge in [-0.25, -0.2) is 13.1 Å². The zero-order valence-electron chi connectivity index (χ0n) is 12.2. The third kappa shape index (κ3) is 3.62. The van der Waals surface area contributed by atoms with Gasteiger partial charge < -0.3 is 5.73 Å². The van der Waals surface area contributed by atoms with Gasteiger partial charge in [-0.2, -0.15) is 5.26 Å². The molecule has 114 valence electrons. The van der Waals surface area contributed by atoms with Crippen molar-refractivity contribution in [3.63, 3.8) is 0 Å². The molecule has 1 aliphatic rings. The van der Waals surface area contributed by atoms with Crippen LogP contribution in [-0.4, -0.2) is 21.0 Å². The van der Waals surface area contributed by atoms with Gasteiger partial charge in [0, 0.05) is 6.04 Å². The van der Waals surface area contributed by atoms with Crippen LogP contribution in [0, 0.1) is 24.2 Å². The Kier molecular flexibility index (Phi) is 4.99. The van der Waals surface area contributed by atoms with Crippen LogP contribution in [0.25, 0.3) is 0 Å². The maximum atomic E-state index is 12.5. The quantitative estimate of drug-likeness (QED) is 0.884. The highest BCUT2D eigenvalue weighted by molar-refractivity contribution is 7.89. The van der Waals surface area contributed by atoms with Crippen molar-refractivity contribution < 1.29 is 8.42 Å². The highest BCUT2D eigenvalue weighted by atomic mass is 32.2. The minimum atomic E-state index is -3.57. The third-order valence-corrected chi connectivity index (χ3v) is 5.76. The highest BCUT2D eigenvalue weighted by Crippen LogP contribution is 2.26. The van der Waals surface area contributed by atoms with E-state index in [0.29, 0.717) is 17.7 Å². The third-order valence-electron chi connectivity index (χ3n) is 4.11. The summed E-state index contributed by atoms with van der Waals surface area (Å²) in [5.74, 6) is 0.201. The van der Waals surface area contributed by atoms with Crippen molar-refractivity contribution in [2.75, 3.05) is 6.54 Å². The SMILES string of the molecule is Cc1cc(C#N)ccc1S(=O)(=O)N[C@@H]1CCCC[C@H]1CN. The molecule has 1 fully saturated rings. The summed E-state index contributed by atoms with van der Waals surface area (Å²) < 4.78 is 27.9. The standard InChI is InChI=1S/C15H21N3O2S/c1-11-8-12(9-16)6-7-15(11)21(19,20)18-14-5-3-2-4-13(14)10-17/h6-8,13-14,18H,2-5,10,17H2,1H3/t13-,14+/m0/s1. The smallest absolute Gasteiger partial charge is 0.241 e. The van der Waals surface area contributed by atoms with Crippen molar-refractivity contribution in [1.82, 2.24) is 4.72 Å². The van der Waals surface area contributed by atoms with Crippen LogP contribution in [-0.2, 0) is 10.0 Å². The van der Waals surface area contributed by atoms with Gasteiger partial charge in [0.25, 0.3) is 0 Å². The van der Waals surface area contributed by atoms with Gasteiger partial charge in [0.05, 0.1) is 16.5 Å². The Hall–Kier alpha value is -1.42. The van der Waals surface area contributed by atoms with Gasteiger partial charge in [-0.05, 0) is 56.0 Å². The first-order chi connectivity index (χ1) is 9.97. The molecule has 0 aromatic heterocycles. The first kappa shape index (κ1) is 16.0. The molecule has 1 saturated carbocycles. The number of rotatable bonds is 4. The fourth-order valence-corrected chi connectivity index (χ4v) is 4.49. The van der Waals surface area contributed by atoms with E-state index in [4.69, 9.17) is 11.0 Å². The summed E-state index contributed by atoms with van der Waals surface area (Å²) >= 11 is 0. The van der Waals surface area contributed by atoms with Crippen LogP contribution in [0.4, 0.5) is 0 Å². The average Bonchev–Trinajstić information content (AvgIpc) is 2.47. The van der Waals surface area contributed by atoms with Crippen molar-refractivity contribution in [2.45, 2.75) is 43.5 Å². The monoisotopic (exact) mass is 307 g/mol. The van der Waals surface area contributed by atoms with E-state index < -0.39 is 10.0 Å². The maximum Gasteiger partial charge on any atom is 0.241 e. The molecule has 0 saturated heterocycles. The highest BCUT2D eigenvalue weighted by Gasteiger charge is 2.29. The second kappa shape index (κ2) is 6.56. The van der Waals surface area contributed by atoms with Crippen molar-refractivity contribution in [3.05, 3.63) is 29.3 Å². The summed E-state index contributed by atoms with van der Waals surface area (Å²) in [5.41, 5.74) is 6.79. The number of hydrogen-bond acceptors (Lipinski definition) is 4. The second-order valence-corrected chi connectivity index (χ2v) is 7.28. The lowest BCUT2D eigenvalue weighted by Gasteiger charge is -2.31. The van der Waals surface area contributed by atoms with Crippen molar-refractivity contribution in [3.8, 4) is 6.07 Å². The predicted molar refractivity (Wildman–Crippen MR) is 81.0 cm³/mol. The van der Waals surface area contributed by atoms with E-state index >= 15 is 0 Å². The Morgan fingerprint density at radius 1 is 1.38 bits per heavy atom. The van der Waals surface area contributed by atoms with Crippen LogP contribution in [0.3, 0.4) is 0 Å². The molecule has 1 aromatic carbocycles. The minimum absolute atomic E-state index is 0.0937. The van der Waals surface area contributed by atoms with E-state index in [1.165, 1.54) is 12.1 Å². The van der Waals surface area contributed by atoms with Gasteiger partial charge in [-0.1, -0.05) is 12.8 Å². The van der Waals surface area contributed by atoms with Crippen LogP contribution in [0.2, 0.25) is 0 Å². The van der Waals surface area contributed by atoms with Crippen molar-refractivity contribution in [2.24, 2.45) is 11.7 Å². The van der Waals surface area contributed by atoms with Gasteiger partial charge in [0.15, 0.2) is 0 Å². The Labute approximate surface area is 126 Å². The van der Waals surface area contributed by atoms with Crippen molar-refractivity contribution in [1.29, 1.82) is 5.26 Å². The molecule has 0 bridgehead atoms. The summed E-state index contributed by atoms with van der Waals surface area (Å²) in [4.78, 5) is 0.239. The van der Waals surface area contributed by atoms with Crippen LogP contribution in [0.5, 0.6) is 0 Å².